The van der Waals surface area contributed by atoms with Crippen LogP contribution in [0.15, 0.2) is 4.99 Å². The lowest BCUT2D eigenvalue weighted by molar-refractivity contribution is 0.0582. The maximum Gasteiger partial charge on any atom is 0.191 e. The molecule has 2 atom stereocenters. The molecule has 0 aliphatic carbocycles. The van der Waals surface area contributed by atoms with Gasteiger partial charge in [-0.1, -0.05) is 0 Å². The Hall–Kier alpha value is -0.980. The zero-order valence-corrected chi connectivity index (χ0v) is 20.8. The van der Waals surface area contributed by atoms with Crippen LogP contribution in [0.2, 0.25) is 0 Å². The van der Waals surface area contributed by atoms with Crippen LogP contribution in [0, 0.1) is 0 Å². The average Bonchev–Trinajstić information content (AvgIpc) is 3.06. The van der Waals surface area contributed by atoms with E-state index in [-0.39, 0.29) is 36.1 Å². The SMILES string of the molecule is CCNC(=NCC(CCN(C)C)OCC)NC1CCc2nc(COC)nn2C1.I. The second kappa shape index (κ2) is 14.1. The quantitative estimate of drug-likeness (QED) is 0.257. The van der Waals surface area contributed by atoms with E-state index in [1.54, 1.807) is 7.11 Å². The summed E-state index contributed by atoms with van der Waals surface area (Å²) in [5, 5.41) is 11.4. The number of rotatable bonds is 11. The molecular weight excluding hydrogens is 485 g/mol. The van der Waals surface area contributed by atoms with Crippen LogP contribution in [-0.2, 0) is 29.0 Å². The molecular formula is C19H38IN7O2. The Labute approximate surface area is 192 Å². The molecule has 0 amide bonds. The van der Waals surface area contributed by atoms with E-state index in [2.05, 4.69) is 46.6 Å². The topological polar surface area (TPSA) is 88.8 Å². The molecule has 10 heteroatoms. The minimum atomic E-state index is 0. The van der Waals surface area contributed by atoms with Gasteiger partial charge in [0.15, 0.2) is 11.8 Å². The highest BCUT2D eigenvalue weighted by atomic mass is 127. The molecule has 0 spiro atoms. The molecule has 0 saturated carbocycles. The summed E-state index contributed by atoms with van der Waals surface area (Å²) in [6, 6.07) is 0.273. The van der Waals surface area contributed by atoms with Crippen LogP contribution >= 0.6 is 24.0 Å². The lowest BCUT2D eigenvalue weighted by Gasteiger charge is -2.26. The summed E-state index contributed by atoms with van der Waals surface area (Å²) in [5.41, 5.74) is 0. The number of aromatic nitrogens is 3. The highest BCUT2D eigenvalue weighted by Gasteiger charge is 2.22. The van der Waals surface area contributed by atoms with Crippen molar-refractivity contribution < 1.29 is 9.47 Å². The number of guanidine groups is 1. The zero-order chi connectivity index (χ0) is 20.4. The van der Waals surface area contributed by atoms with Gasteiger partial charge in [-0.05, 0) is 40.8 Å². The van der Waals surface area contributed by atoms with Gasteiger partial charge < -0.3 is 25.0 Å². The molecule has 1 aromatic heterocycles. The fraction of sp³-hybridized carbons (Fsp3) is 0.842. The number of aryl methyl sites for hydroxylation is 1. The molecule has 2 N–H and O–H groups in total. The Morgan fingerprint density at radius 3 is 2.83 bits per heavy atom. The number of hydrogen-bond acceptors (Lipinski definition) is 6. The molecule has 9 nitrogen and oxygen atoms in total. The third-order valence-corrected chi connectivity index (χ3v) is 4.61. The highest BCUT2D eigenvalue weighted by molar-refractivity contribution is 14.0. The van der Waals surface area contributed by atoms with Crippen LogP contribution in [0.1, 0.15) is 38.3 Å². The molecule has 0 aromatic carbocycles. The fourth-order valence-electron chi connectivity index (χ4n) is 3.24. The van der Waals surface area contributed by atoms with Gasteiger partial charge in [-0.25, -0.2) is 9.67 Å². The molecule has 29 heavy (non-hydrogen) atoms. The molecule has 1 aliphatic rings. The summed E-state index contributed by atoms with van der Waals surface area (Å²) < 4.78 is 13.0. The smallest absolute Gasteiger partial charge is 0.191 e. The van der Waals surface area contributed by atoms with Gasteiger partial charge in [0.2, 0.25) is 0 Å². The number of halogens is 1. The Balaban J connectivity index is 0.00000420. The Morgan fingerprint density at radius 2 is 2.17 bits per heavy atom. The van der Waals surface area contributed by atoms with Gasteiger partial charge in [0, 0.05) is 39.3 Å². The largest absolute Gasteiger partial charge is 0.377 e. The lowest BCUT2D eigenvalue weighted by Crippen LogP contribution is -2.47. The first kappa shape index (κ1) is 26.1. The summed E-state index contributed by atoms with van der Waals surface area (Å²) in [4.78, 5) is 11.5. The molecule has 168 valence electrons. The number of hydrogen-bond donors (Lipinski definition) is 2. The van der Waals surface area contributed by atoms with Gasteiger partial charge in [0.1, 0.15) is 12.4 Å². The normalized spacial score (nSPS) is 17.6. The molecule has 0 bridgehead atoms. The van der Waals surface area contributed by atoms with E-state index < -0.39 is 0 Å². The van der Waals surface area contributed by atoms with Crippen LogP contribution in [-0.4, -0.2) is 85.2 Å². The molecule has 2 heterocycles. The van der Waals surface area contributed by atoms with E-state index in [4.69, 9.17) is 14.5 Å². The maximum absolute atomic E-state index is 5.86. The molecule has 0 fully saturated rings. The highest BCUT2D eigenvalue weighted by Crippen LogP contribution is 2.13. The number of nitrogens with zero attached hydrogens (tertiary/aromatic N) is 5. The van der Waals surface area contributed by atoms with E-state index in [1.807, 2.05) is 11.6 Å². The molecule has 2 unspecified atom stereocenters. The third-order valence-electron chi connectivity index (χ3n) is 4.61. The van der Waals surface area contributed by atoms with Crippen molar-refractivity contribution in [3.8, 4) is 0 Å². The van der Waals surface area contributed by atoms with Gasteiger partial charge in [-0.15, -0.1) is 24.0 Å². The van der Waals surface area contributed by atoms with Crippen LogP contribution in [0.3, 0.4) is 0 Å². The molecule has 2 rings (SSSR count). The predicted molar refractivity (Wildman–Crippen MR) is 126 cm³/mol. The zero-order valence-electron chi connectivity index (χ0n) is 18.5. The number of nitrogens with one attached hydrogen (secondary N) is 2. The minimum absolute atomic E-state index is 0. The predicted octanol–water partition coefficient (Wildman–Crippen LogP) is 1.27. The second-order valence-corrected chi connectivity index (χ2v) is 7.33. The number of ether oxygens (including phenoxy) is 2. The van der Waals surface area contributed by atoms with Crippen molar-refractivity contribution in [1.82, 2.24) is 30.3 Å². The van der Waals surface area contributed by atoms with Crippen LogP contribution in [0.5, 0.6) is 0 Å². The monoisotopic (exact) mass is 523 g/mol. The summed E-state index contributed by atoms with van der Waals surface area (Å²) in [5.74, 6) is 2.62. The van der Waals surface area contributed by atoms with Gasteiger partial charge in [-0.3, -0.25) is 4.99 Å². The van der Waals surface area contributed by atoms with Crippen molar-refractivity contribution in [2.45, 2.75) is 58.4 Å². The maximum atomic E-state index is 5.86. The van der Waals surface area contributed by atoms with Crippen LogP contribution in [0.25, 0.3) is 0 Å². The standard InChI is InChI=1S/C19H37N7O2.HI/c1-6-20-19(21-12-16(28-7-2)10-11-25(3)4)22-15-8-9-18-23-17(14-27-5)24-26(18)13-15;/h15-16H,6-14H2,1-5H3,(H2,20,21,22);1H. The first-order chi connectivity index (χ1) is 13.5. The molecule has 1 aliphatic heterocycles. The summed E-state index contributed by atoms with van der Waals surface area (Å²) >= 11 is 0. The van der Waals surface area contributed by atoms with E-state index in [9.17, 15) is 0 Å². The van der Waals surface area contributed by atoms with Crippen molar-refractivity contribution in [2.24, 2.45) is 4.99 Å². The van der Waals surface area contributed by atoms with E-state index in [0.717, 1.165) is 56.5 Å². The van der Waals surface area contributed by atoms with Crippen molar-refractivity contribution >= 4 is 29.9 Å². The van der Waals surface area contributed by atoms with E-state index >= 15 is 0 Å². The first-order valence-corrected chi connectivity index (χ1v) is 10.3. The average molecular weight is 523 g/mol. The number of methoxy groups -OCH3 is 1. The third kappa shape index (κ3) is 9.14. The van der Waals surface area contributed by atoms with Crippen molar-refractivity contribution in [2.75, 3.05) is 47.4 Å². The minimum Gasteiger partial charge on any atom is -0.377 e. The van der Waals surface area contributed by atoms with Gasteiger partial charge in [-0.2, -0.15) is 5.10 Å². The second-order valence-electron chi connectivity index (χ2n) is 7.33. The Bertz CT molecular complexity index is 609. The van der Waals surface area contributed by atoms with Gasteiger partial charge in [0.05, 0.1) is 19.2 Å². The molecule has 0 radical (unpaired) electrons. The van der Waals surface area contributed by atoms with Crippen LogP contribution < -0.4 is 10.6 Å². The van der Waals surface area contributed by atoms with Crippen LogP contribution in [0.4, 0.5) is 0 Å². The molecule has 1 aromatic rings. The van der Waals surface area contributed by atoms with Gasteiger partial charge >= 0.3 is 0 Å². The van der Waals surface area contributed by atoms with Gasteiger partial charge in [0.25, 0.3) is 0 Å². The summed E-state index contributed by atoms with van der Waals surface area (Å²) in [6.45, 7) is 8.52. The Morgan fingerprint density at radius 1 is 1.38 bits per heavy atom. The van der Waals surface area contributed by atoms with E-state index in [1.165, 1.54) is 0 Å². The van der Waals surface area contributed by atoms with Crippen molar-refractivity contribution in [1.29, 1.82) is 0 Å². The summed E-state index contributed by atoms with van der Waals surface area (Å²) in [6.07, 6.45) is 3.01. The van der Waals surface area contributed by atoms with E-state index in [0.29, 0.717) is 19.8 Å². The van der Waals surface area contributed by atoms with Crippen molar-refractivity contribution in [3.63, 3.8) is 0 Å². The number of aliphatic imine (C=N–C) groups is 1. The summed E-state index contributed by atoms with van der Waals surface area (Å²) in [7, 11) is 5.83. The Kier molecular flexibility index (Phi) is 12.7. The lowest BCUT2D eigenvalue weighted by atomic mass is 10.1. The number of fused-ring (bicyclic) bond motifs is 1. The first-order valence-electron chi connectivity index (χ1n) is 10.3. The molecule has 0 saturated heterocycles. The fourth-order valence-corrected chi connectivity index (χ4v) is 3.24. The van der Waals surface area contributed by atoms with Crippen molar-refractivity contribution in [3.05, 3.63) is 11.6 Å².